The molecule has 1 aliphatic heterocycles. The summed E-state index contributed by atoms with van der Waals surface area (Å²) in [6, 6.07) is 0.771. The average Bonchev–Trinajstić information content (AvgIpc) is 2.13. The van der Waals surface area contributed by atoms with E-state index in [1.807, 2.05) is 13.8 Å². The molecule has 5 unspecified atom stereocenters. The Morgan fingerprint density at radius 3 is 2.86 bits per heavy atom. The van der Waals surface area contributed by atoms with Gasteiger partial charge in [0.2, 0.25) is 0 Å². The van der Waals surface area contributed by atoms with Crippen LogP contribution >= 0.6 is 0 Å². The molecule has 2 aliphatic rings. The quantitative estimate of drug-likeness (QED) is 0.710. The first-order chi connectivity index (χ1) is 6.68. The van der Waals surface area contributed by atoms with E-state index < -0.39 is 0 Å². The standard InChI is InChI=1S/C11H21NO2/c1-7(8(2)13)12-10-6-11-9(10)4-3-5-14-11/h7-13H,3-6H2,1-2H3. The van der Waals surface area contributed by atoms with Crippen molar-refractivity contribution < 1.29 is 9.84 Å². The normalized spacial score (nSPS) is 40.9. The molecule has 0 spiro atoms. The summed E-state index contributed by atoms with van der Waals surface area (Å²) in [5.74, 6) is 0.699. The van der Waals surface area contributed by atoms with Crippen LogP contribution < -0.4 is 5.32 Å². The van der Waals surface area contributed by atoms with Gasteiger partial charge in [0.15, 0.2) is 0 Å². The van der Waals surface area contributed by atoms with Crippen molar-refractivity contribution in [1.29, 1.82) is 0 Å². The van der Waals surface area contributed by atoms with E-state index in [1.54, 1.807) is 0 Å². The predicted molar refractivity (Wildman–Crippen MR) is 55.1 cm³/mol. The molecular weight excluding hydrogens is 178 g/mol. The molecule has 14 heavy (non-hydrogen) atoms. The highest BCUT2D eigenvalue weighted by atomic mass is 16.5. The van der Waals surface area contributed by atoms with Crippen molar-refractivity contribution in [2.45, 2.75) is 57.4 Å². The number of aliphatic hydroxyl groups excluding tert-OH is 1. The van der Waals surface area contributed by atoms with Gasteiger partial charge in [0.05, 0.1) is 12.2 Å². The molecule has 1 aliphatic carbocycles. The van der Waals surface area contributed by atoms with E-state index in [9.17, 15) is 5.11 Å². The van der Waals surface area contributed by atoms with Crippen molar-refractivity contribution in [2.75, 3.05) is 6.61 Å². The highest BCUT2D eigenvalue weighted by Gasteiger charge is 2.43. The van der Waals surface area contributed by atoms with E-state index in [4.69, 9.17) is 4.74 Å². The fourth-order valence-electron chi connectivity index (χ4n) is 2.46. The monoisotopic (exact) mass is 199 g/mol. The molecule has 1 saturated heterocycles. The van der Waals surface area contributed by atoms with E-state index in [0.717, 1.165) is 13.0 Å². The number of hydrogen-bond donors (Lipinski definition) is 2. The van der Waals surface area contributed by atoms with E-state index in [-0.39, 0.29) is 12.1 Å². The highest BCUT2D eigenvalue weighted by Crippen LogP contribution is 2.37. The molecule has 0 aromatic rings. The van der Waals surface area contributed by atoms with Crippen LogP contribution in [0.3, 0.4) is 0 Å². The minimum absolute atomic E-state index is 0.197. The van der Waals surface area contributed by atoms with Gasteiger partial charge in [-0.3, -0.25) is 0 Å². The van der Waals surface area contributed by atoms with Crippen LogP contribution in [0, 0.1) is 5.92 Å². The van der Waals surface area contributed by atoms with E-state index >= 15 is 0 Å². The van der Waals surface area contributed by atoms with Gasteiger partial charge in [0.1, 0.15) is 0 Å². The second kappa shape index (κ2) is 4.17. The first-order valence-corrected chi connectivity index (χ1v) is 5.74. The van der Waals surface area contributed by atoms with Crippen LogP contribution in [-0.4, -0.2) is 36.0 Å². The van der Waals surface area contributed by atoms with Crippen molar-refractivity contribution in [3.63, 3.8) is 0 Å². The molecule has 0 aromatic carbocycles. The molecule has 3 nitrogen and oxygen atoms in total. The summed E-state index contributed by atoms with van der Waals surface area (Å²) in [4.78, 5) is 0. The Kier molecular flexibility index (Phi) is 3.10. The Hall–Kier alpha value is -0.120. The summed E-state index contributed by atoms with van der Waals surface area (Å²) < 4.78 is 5.65. The maximum Gasteiger partial charge on any atom is 0.0662 e. The van der Waals surface area contributed by atoms with Crippen LogP contribution in [-0.2, 0) is 4.74 Å². The lowest BCUT2D eigenvalue weighted by atomic mass is 9.72. The number of rotatable bonds is 3. The summed E-state index contributed by atoms with van der Waals surface area (Å²) >= 11 is 0. The van der Waals surface area contributed by atoms with E-state index in [2.05, 4.69) is 5.32 Å². The number of hydrogen-bond acceptors (Lipinski definition) is 3. The Morgan fingerprint density at radius 2 is 2.21 bits per heavy atom. The summed E-state index contributed by atoms with van der Waals surface area (Å²) in [6.45, 7) is 4.83. The Morgan fingerprint density at radius 1 is 1.43 bits per heavy atom. The first kappa shape index (κ1) is 10.4. The van der Waals surface area contributed by atoms with Crippen molar-refractivity contribution in [2.24, 2.45) is 5.92 Å². The van der Waals surface area contributed by atoms with E-state index in [0.29, 0.717) is 18.1 Å². The molecule has 0 aromatic heterocycles. The molecule has 2 fully saturated rings. The molecule has 1 heterocycles. The minimum atomic E-state index is -0.265. The number of ether oxygens (including phenoxy) is 1. The molecule has 0 bridgehead atoms. The number of nitrogens with one attached hydrogen (secondary N) is 1. The molecule has 82 valence electrons. The van der Waals surface area contributed by atoms with Gasteiger partial charge in [0, 0.05) is 24.6 Å². The SMILES string of the molecule is CC(O)C(C)NC1CC2OCCCC12. The lowest BCUT2D eigenvalue weighted by molar-refractivity contribution is -0.107. The lowest BCUT2D eigenvalue weighted by Crippen LogP contribution is -2.59. The van der Waals surface area contributed by atoms with Crippen LogP contribution in [0.2, 0.25) is 0 Å². The van der Waals surface area contributed by atoms with Crippen LogP contribution in [0.5, 0.6) is 0 Å². The molecule has 3 heteroatoms. The van der Waals surface area contributed by atoms with Gasteiger partial charge in [-0.1, -0.05) is 0 Å². The Bertz CT molecular complexity index is 196. The zero-order valence-electron chi connectivity index (χ0n) is 9.07. The summed E-state index contributed by atoms with van der Waals surface area (Å²) in [5.41, 5.74) is 0. The second-order valence-corrected chi connectivity index (χ2v) is 4.75. The Balaban J connectivity index is 1.78. The number of aliphatic hydroxyl groups is 1. The third-order valence-corrected chi connectivity index (χ3v) is 3.69. The fraction of sp³-hybridized carbons (Fsp3) is 1.00. The maximum atomic E-state index is 9.39. The van der Waals surface area contributed by atoms with Crippen LogP contribution in [0.1, 0.15) is 33.1 Å². The van der Waals surface area contributed by atoms with E-state index in [1.165, 1.54) is 12.8 Å². The largest absolute Gasteiger partial charge is 0.392 e. The van der Waals surface area contributed by atoms with Crippen LogP contribution in [0.25, 0.3) is 0 Å². The van der Waals surface area contributed by atoms with Crippen molar-refractivity contribution in [3.8, 4) is 0 Å². The summed E-state index contributed by atoms with van der Waals surface area (Å²) in [7, 11) is 0. The average molecular weight is 199 g/mol. The lowest BCUT2D eigenvalue weighted by Gasteiger charge is -2.48. The van der Waals surface area contributed by atoms with Crippen molar-refractivity contribution >= 4 is 0 Å². The van der Waals surface area contributed by atoms with Crippen molar-refractivity contribution in [1.82, 2.24) is 5.32 Å². The van der Waals surface area contributed by atoms with Gasteiger partial charge in [-0.05, 0) is 33.1 Å². The van der Waals surface area contributed by atoms with Crippen LogP contribution in [0.4, 0.5) is 0 Å². The topological polar surface area (TPSA) is 41.5 Å². The van der Waals surface area contributed by atoms with Gasteiger partial charge < -0.3 is 15.2 Å². The van der Waals surface area contributed by atoms with Gasteiger partial charge in [-0.15, -0.1) is 0 Å². The summed E-state index contributed by atoms with van der Waals surface area (Å²) in [5, 5.41) is 12.9. The third kappa shape index (κ3) is 1.95. The fourth-order valence-corrected chi connectivity index (χ4v) is 2.46. The Labute approximate surface area is 85.8 Å². The first-order valence-electron chi connectivity index (χ1n) is 5.74. The molecular formula is C11H21NO2. The van der Waals surface area contributed by atoms with Crippen molar-refractivity contribution in [3.05, 3.63) is 0 Å². The molecule has 2 rings (SSSR count). The molecule has 0 radical (unpaired) electrons. The summed E-state index contributed by atoms with van der Waals surface area (Å²) in [6.07, 6.45) is 3.85. The molecule has 0 amide bonds. The van der Waals surface area contributed by atoms with Gasteiger partial charge in [0.25, 0.3) is 0 Å². The second-order valence-electron chi connectivity index (χ2n) is 4.75. The zero-order chi connectivity index (χ0) is 10.1. The maximum absolute atomic E-state index is 9.39. The minimum Gasteiger partial charge on any atom is -0.392 e. The predicted octanol–water partition coefficient (Wildman–Crippen LogP) is 0.913. The molecule has 5 atom stereocenters. The zero-order valence-corrected chi connectivity index (χ0v) is 9.07. The third-order valence-electron chi connectivity index (χ3n) is 3.69. The molecule has 2 N–H and O–H groups in total. The number of fused-ring (bicyclic) bond motifs is 1. The van der Waals surface area contributed by atoms with Gasteiger partial charge >= 0.3 is 0 Å². The molecule has 1 saturated carbocycles. The van der Waals surface area contributed by atoms with Crippen LogP contribution in [0.15, 0.2) is 0 Å². The van der Waals surface area contributed by atoms with Gasteiger partial charge in [-0.25, -0.2) is 0 Å². The highest BCUT2D eigenvalue weighted by molar-refractivity contribution is 4.98. The smallest absolute Gasteiger partial charge is 0.0662 e. The van der Waals surface area contributed by atoms with Gasteiger partial charge in [-0.2, -0.15) is 0 Å².